The summed E-state index contributed by atoms with van der Waals surface area (Å²) in [5.41, 5.74) is 1.52. The number of hydrogen-bond acceptors (Lipinski definition) is 4. The molecule has 0 fully saturated rings. The summed E-state index contributed by atoms with van der Waals surface area (Å²) in [6, 6.07) is 14.1. The van der Waals surface area contributed by atoms with Crippen molar-refractivity contribution in [3.63, 3.8) is 0 Å². The van der Waals surface area contributed by atoms with Crippen LogP contribution in [0.1, 0.15) is 19.4 Å². The van der Waals surface area contributed by atoms with E-state index in [1.165, 1.54) is 17.8 Å². The zero-order valence-corrected chi connectivity index (χ0v) is 18.5. The van der Waals surface area contributed by atoms with Crippen molar-refractivity contribution >= 4 is 29.3 Å². The molecule has 1 amide bonds. The van der Waals surface area contributed by atoms with Crippen LogP contribution in [-0.2, 0) is 17.8 Å². The van der Waals surface area contributed by atoms with Gasteiger partial charge in [0.2, 0.25) is 5.91 Å². The van der Waals surface area contributed by atoms with Crippen molar-refractivity contribution in [2.24, 2.45) is 5.92 Å². The van der Waals surface area contributed by atoms with E-state index in [9.17, 15) is 9.18 Å². The molecular formula is C22H24ClFN4OS. The number of carbonyl (C=O) groups excluding carboxylic acids is 1. The summed E-state index contributed by atoms with van der Waals surface area (Å²) in [7, 11) is 0. The van der Waals surface area contributed by atoms with Gasteiger partial charge in [-0.15, -0.1) is 10.2 Å². The summed E-state index contributed by atoms with van der Waals surface area (Å²) in [5.74, 6) is 0.590. The van der Waals surface area contributed by atoms with Crippen LogP contribution in [0.25, 0.3) is 11.4 Å². The summed E-state index contributed by atoms with van der Waals surface area (Å²) in [4.78, 5) is 12.3. The molecule has 2 aromatic carbocycles. The van der Waals surface area contributed by atoms with Crippen molar-refractivity contribution in [2.45, 2.75) is 32.0 Å². The molecule has 0 unspecified atom stereocenters. The Balaban J connectivity index is 1.61. The first-order chi connectivity index (χ1) is 14.4. The van der Waals surface area contributed by atoms with E-state index < -0.39 is 0 Å². The van der Waals surface area contributed by atoms with Gasteiger partial charge in [0.15, 0.2) is 11.0 Å². The Morgan fingerprint density at radius 3 is 2.60 bits per heavy atom. The average molecular weight is 447 g/mol. The van der Waals surface area contributed by atoms with E-state index >= 15 is 0 Å². The van der Waals surface area contributed by atoms with E-state index in [1.807, 2.05) is 28.8 Å². The van der Waals surface area contributed by atoms with Gasteiger partial charge in [-0.1, -0.05) is 61.5 Å². The molecule has 0 saturated carbocycles. The Bertz CT molecular complexity index is 991. The largest absolute Gasteiger partial charge is 0.355 e. The second kappa shape index (κ2) is 10.6. The number of nitrogens with one attached hydrogen (secondary N) is 1. The maximum atomic E-state index is 14.3. The lowest BCUT2D eigenvalue weighted by molar-refractivity contribution is -0.118. The summed E-state index contributed by atoms with van der Waals surface area (Å²) >= 11 is 7.19. The van der Waals surface area contributed by atoms with Crippen LogP contribution in [-0.4, -0.2) is 33.0 Å². The van der Waals surface area contributed by atoms with Crippen molar-refractivity contribution in [1.82, 2.24) is 20.1 Å². The molecule has 8 heteroatoms. The number of aromatic nitrogens is 3. The zero-order chi connectivity index (χ0) is 21.5. The van der Waals surface area contributed by atoms with Gasteiger partial charge < -0.3 is 9.88 Å². The molecule has 0 aliphatic rings. The highest BCUT2D eigenvalue weighted by atomic mass is 35.5. The number of amides is 1. The standard InChI is InChI=1S/C22H24ClFN4OS/c1-15(2)13-28-21(18-5-3-4-6-19(18)24)26-27-22(28)30-14-20(29)25-12-11-16-7-9-17(23)10-8-16/h3-10,15H,11-14H2,1-2H3,(H,25,29). The smallest absolute Gasteiger partial charge is 0.230 e. The third-order valence-electron chi connectivity index (χ3n) is 4.36. The first kappa shape index (κ1) is 22.3. The third-order valence-corrected chi connectivity index (χ3v) is 5.58. The van der Waals surface area contributed by atoms with Gasteiger partial charge in [-0.2, -0.15) is 0 Å². The fourth-order valence-corrected chi connectivity index (χ4v) is 3.85. The van der Waals surface area contributed by atoms with Gasteiger partial charge in [0, 0.05) is 18.1 Å². The quantitative estimate of drug-likeness (QED) is 0.477. The highest BCUT2D eigenvalue weighted by Crippen LogP contribution is 2.26. The molecule has 0 spiro atoms. The van der Waals surface area contributed by atoms with E-state index in [0.29, 0.717) is 40.6 Å². The maximum absolute atomic E-state index is 14.3. The molecule has 3 rings (SSSR count). The SMILES string of the molecule is CC(C)Cn1c(SCC(=O)NCCc2ccc(Cl)cc2)nnc1-c1ccccc1F. The Morgan fingerprint density at radius 2 is 1.90 bits per heavy atom. The molecule has 0 aliphatic heterocycles. The van der Waals surface area contributed by atoms with Gasteiger partial charge in [-0.3, -0.25) is 4.79 Å². The lowest BCUT2D eigenvalue weighted by Gasteiger charge is -2.13. The van der Waals surface area contributed by atoms with E-state index in [1.54, 1.807) is 18.2 Å². The fraction of sp³-hybridized carbons (Fsp3) is 0.318. The number of thioether (sulfide) groups is 1. The molecule has 3 aromatic rings. The second-order valence-corrected chi connectivity index (χ2v) is 8.68. The molecule has 1 heterocycles. The van der Waals surface area contributed by atoms with Crippen LogP contribution in [0.3, 0.4) is 0 Å². The molecule has 1 N–H and O–H groups in total. The van der Waals surface area contributed by atoms with Crippen LogP contribution in [0.4, 0.5) is 4.39 Å². The van der Waals surface area contributed by atoms with Crippen LogP contribution in [0.2, 0.25) is 5.02 Å². The van der Waals surface area contributed by atoms with Gasteiger partial charge in [0.25, 0.3) is 0 Å². The van der Waals surface area contributed by atoms with Gasteiger partial charge in [0.1, 0.15) is 5.82 Å². The highest BCUT2D eigenvalue weighted by Gasteiger charge is 2.18. The van der Waals surface area contributed by atoms with Crippen LogP contribution < -0.4 is 5.32 Å². The van der Waals surface area contributed by atoms with Crippen molar-refractivity contribution in [1.29, 1.82) is 0 Å². The number of benzene rings is 2. The number of carbonyl (C=O) groups is 1. The predicted octanol–water partition coefficient (Wildman–Crippen LogP) is 4.84. The molecule has 1 aromatic heterocycles. The van der Waals surface area contributed by atoms with Crippen molar-refractivity contribution in [3.05, 3.63) is 64.9 Å². The minimum absolute atomic E-state index is 0.0829. The number of nitrogens with zero attached hydrogens (tertiary/aromatic N) is 3. The van der Waals surface area contributed by atoms with Crippen molar-refractivity contribution in [3.8, 4) is 11.4 Å². The van der Waals surface area contributed by atoms with E-state index in [4.69, 9.17) is 11.6 Å². The molecule has 0 bridgehead atoms. The van der Waals surface area contributed by atoms with Gasteiger partial charge >= 0.3 is 0 Å². The van der Waals surface area contributed by atoms with Crippen molar-refractivity contribution in [2.75, 3.05) is 12.3 Å². The van der Waals surface area contributed by atoms with Gasteiger partial charge in [-0.25, -0.2) is 4.39 Å². The molecule has 158 valence electrons. The lowest BCUT2D eigenvalue weighted by atomic mass is 10.1. The third kappa shape index (κ3) is 6.06. The van der Waals surface area contributed by atoms with Crippen LogP contribution in [0, 0.1) is 11.7 Å². The zero-order valence-electron chi connectivity index (χ0n) is 16.9. The monoisotopic (exact) mass is 446 g/mol. The Kier molecular flexibility index (Phi) is 7.87. The minimum atomic E-state index is -0.341. The summed E-state index contributed by atoms with van der Waals surface area (Å²) in [6.45, 7) is 5.32. The molecular weight excluding hydrogens is 423 g/mol. The number of rotatable bonds is 9. The first-order valence-corrected chi connectivity index (χ1v) is 11.1. The number of hydrogen-bond donors (Lipinski definition) is 1. The fourth-order valence-electron chi connectivity index (χ4n) is 2.95. The summed E-state index contributed by atoms with van der Waals surface area (Å²) in [6.07, 6.45) is 0.731. The maximum Gasteiger partial charge on any atom is 0.230 e. The van der Waals surface area contributed by atoms with E-state index in [0.717, 1.165) is 12.0 Å². The minimum Gasteiger partial charge on any atom is -0.355 e. The van der Waals surface area contributed by atoms with Gasteiger partial charge in [0.05, 0.1) is 11.3 Å². The molecule has 30 heavy (non-hydrogen) atoms. The van der Waals surface area contributed by atoms with E-state index in [2.05, 4.69) is 29.4 Å². The lowest BCUT2D eigenvalue weighted by Crippen LogP contribution is -2.27. The summed E-state index contributed by atoms with van der Waals surface area (Å²) in [5, 5.41) is 12.6. The predicted molar refractivity (Wildman–Crippen MR) is 119 cm³/mol. The second-order valence-electron chi connectivity index (χ2n) is 7.31. The normalized spacial score (nSPS) is 11.1. The molecule has 0 saturated heterocycles. The van der Waals surface area contributed by atoms with Gasteiger partial charge in [-0.05, 0) is 42.2 Å². The molecule has 0 atom stereocenters. The Hall–Kier alpha value is -2.38. The van der Waals surface area contributed by atoms with E-state index in [-0.39, 0.29) is 17.5 Å². The first-order valence-electron chi connectivity index (χ1n) is 9.76. The summed E-state index contributed by atoms with van der Waals surface area (Å²) < 4.78 is 16.1. The Morgan fingerprint density at radius 1 is 1.17 bits per heavy atom. The number of halogens is 2. The molecule has 5 nitrogen and oxygen atoms in total. The highest BCUT2D eigenvalue weighted by molar-refractivity contribution is 7.99. The van der Waals surface area contributed by atoms with Crippen LogP contribution in [0.5, 0.6) is 0 Å². The van der Waals surface area contributed by atoms with Crippen molar-refractivity contribution < 1.29 is 9.18 Å². The topological polar surface area (TPSA) is 59.8 Å². The molecule has 0 aliphatic carbocycles. The Labute approximate surface area is 185 Å². The van der Waals surface area contributed by atoms with Crippen LogP contribution in [0.15, 0.2) is 53.7 Å². The molecule has 0 radical (unpaired) electrons. The van der Waals surface area contributed by atoms with Crippen LogP contribution >= 0.6 is 23.4 Å². The average Bonchev–Trinajstić information content (AvgIpc) is 3.10.